The van der Waals surface area contributed by atoms with Crippen molar-refractivity contribution >= 4 is 23.5 Å². The topological polar surface area (TPSA) is 224 Å². The Morgan fingerprint density at radius 3 is 2.38 bits per heavy atom. The Morgan fingerprint density at radius 1 is 1.17 bits per heavy atom. The normalized spacial score (nSPS) is 26.8. The van der Waals surface area contributed by atoms with E-state index in [1.165, 1.54) is 0 Å². The first-order valence-corrected chi connectivity index (χ1v) is 11.7. The average molecular weight is 488 g/mol. The van der Waals surface area contributed by atoms with E-state index in [0.717, 1.165) is 0 Å². The molecule has 0 aliphatic carbocycles. The van der Waals surface area contributed by atoms with Gasteiger partial charge in [-0.2, -0.15) is 13.0 Å². The third-order valence-corrected chi connectivity index (χ3v) is 7.02. The third-order valence-electron chi connectivity index (χ3n) is 3.21. The molecular formula is C9H13F2N2O13P3. The summed E-state index contributed by atoms with van der Waals surface area (Å²) in [5.41, 5.74) is -2.44. The highest BCUT2D eigenvalue weighted by molar-refractivity contribution is 7.66. The number of aromatic amines is 1. The van der Waals surface area contributed by atoms with Crippen molar-refractivity contribution in [3.63, 3.8) is 0 Å². The van der Waals surface area contributed by atoms with Gasteiger partial charge in [0.1, 0.15) is 18.5 Å². The number of hydrogen-bond donors (Lipinski definition) is 5. The molecule has 0 amide bonds. The summed E-state index contributed by atoms with van der Waals surface area (Å²) in [6.45, 7) is -1.10. The minimum atomic E-state index is -5.75. The van der Waals surface area contributed by atoms with Gasteiger partial charge in [-0.05, 0) is 0 Å². The number of nitrogens with zero attached hydrogens (tertiary/aromatic N) is 1. The Bertz CT molecular complexity index is 1020. The fraction of sp³-hybridized carbons (Fsp3) is 0.556. The quantitative estimate of drug-likeness (QED) is 0.295. The summed E-state index contributed by atoms with van der Waals surface area (Å²) < 4.78 is 77.4. The zero-order valence-corrected chi connectivity index (χ0v) is 16.4. The Hall–Kier alpha value is -1.09. The van der Waals surface area contributed by atoms with Crippen LogP contribution in [0, 0.1) is 5.82 Å². The van der Waals surface area contributed by atoms with Crippen LogP contribution in [0.5, 0.6) is 0 Å². The molecule has 15 nitrogen and oxygen atoms in total. The van der Waals surface area contributed by atoms with Gasteiger partial charge in [0.15, 0.2) is 0 Å². The van der Waals surface area contributed by atoms with E-state index in [2.05, 4.69) is 13.1 Å². The van der Waals surface area contributed by atoms with E-state index in [1.807, 2.05) is 0 Å². The van der Waals surface area contributed by atoms with E-state index < -0.39 is 72.1 Å². The molecule has 1 aliphatic rings. The summed E-state index contributed by atoms with van der Waals surface area (Å²) >= 11 is 0. The molecule has 1 aromatic heterocycles. The van der Waals surface area contributed by atoms with E-state index in [-0.39, 0.29) is 0 Å². The molecule has 1 aromatic rings. The Balaban J connectivity index is 2.03. The van der Waals surface area contributed by atoms with Gasteiger partial charge < -0.3 is 24.3 Å². The van der Waals surface area contributed by atoms with Crippen LogP contribution in [-0.2, 0) is 31.6 Å². The molecule has 5 atom stereocenters. The number of aromatic nitrogens is 2. The number of halogens is 2. The number of H-pyrrole nitrogens is 1. The van der Waals surface area contributed by atoms with E-state index in [1.54, 1.807) is 4.98 Å². The van der Waals surface area contributed by atoms with Gasteiger partial charge in [-0.3, -0.25) is 18.9 Å². The fourth-order valence-electron chi connectivity index (χ4n) is 2.16. The van der Waals surface area contributed by atoms with Gasteiger partial charge in [0.2, 0.25) is 5.82 Å². The first kappa shape index (κ1) is 24.2. The lowest BCUT2D eigenvalue weighted by molar-refractivity contribution is -0.0353. The predicted octanol–water partition coefficient (Wildman–Crippen LogP) is -0.355. The number of ether oxygens (including phenoxy) is 1. The number of nitrogens with one attached hydrogen (secondary N) is 1. The summed E-state index contributed by atoms with van der Waals surface area (Å²) in [5, 5.41) is 0. The Labute approximate surface area is 158 Å². The van der Waals surface area contributed by atoms with Crippen molar-refractivity contribution in [1.29, 1.82) is 0 Å². The van der Waals surface area contributed by atoms with E-state index in [0.29, 0.717) is 10.8 Å². The number of alkyl halides is 1. The standard InChI is InChI=1S/C9H13F2N2O13P3/c10-4-1-7(13-2-5(11)8(14)12-9(13)15)24-6(4)3-23-28(19,20)26-29(21,22)25-27(16,17)18/h2,4,6-7H,1,3H2,(H,19,20)(H,21,22)(H,12,14,15)(H2,16,17,18)/t4-,6+,7+/m0/s1. The number of rotatable bonds is 8. The molecule has 0 saturated carbocycles. The monoisotopic (exact) mass is 488 g/mol. The summed E-state index contributed by atoms with van der Waals surface area (Å²) in [6, 6.07) is 0. The highest BCUT2D eigenvalue weighted by Gasteiger charge is 2.43. The lowest BCUT2D eigenvalue weighted by atomic mass is 10.2. The average Bonchev–Trinajstić information content (AvgIpc) is 2.86. The van der Waals surface area contributed by atoms with Crippen LogP contribution in [0.4, 0.5) is 8.78 Å². The number of phosphoric acid groups is 3. The van der Waals surface area contributed by atoms with E-state index in [4.69, 9.17) is 19.4 Å². The molecule has 2 unspecified atom stereocenters. The number of hydrogen-bond acceptors (Lipinski definition) is 9. The summed E-state index contributed by atoms with van der Waals surface area (Å²) in [5.74, 6) is -1.36. The molecule has 0 radical (unpaired) electrons. The van der Waals surface area contributed by atoms with Crippen molar-refractivity contribution in [2.75, 3.05) is 6.61 Å². The summed E-state index contributed by atoms with van der Waals surface area (Å²) in [6.07, 6.45) is -5.11. The zero-order chi connectivity index (χ0) is 22.2. The van der Waals surface area contributed by atoms with Gasteiger partial charge in [0.25, 0.3) is 5.56 Å². The summed E-state index contributed by atoms with van der Waals surface area (Å²) in [7, 11) is -16.8. The minimum absolute atomic E-state index is 0.462. The van der Waals surface area contributed by atoms with Gasteiger partial charge >= 0.3 is 29.2 Å². The van der Waals surface area contributed by atoms with Gasteiger partial charge in [-0.15, -0.1) is 0 Å². The van der Waals surface area contributed by atoms with E-state index in [9.17, 15) is 37.0 Å². The van der Waals surface area contributed by atoms with Gasteiger partial charge in [0.05, 0.1) is 12.8 Å². The van der Waals surface area contributed by atoms with E-state index >= 15 is 0 Å². The first-order valence-electron chi connectivity index (χ1n) is 7.17. The van der Waals surface area contributed by atoms with Crippen LogP contribution < -0.4 is 11.2 Å². The second-order valence-electron chi connectivity index (χ2n) is 5.41. The second-order valence-corrected chi connectivity index (χ2v) is 9.83. The smallest absolute Gasteiger partial charge is 0.349 e. The van der Waals surface area contributed by atoms with Crippen molar-refractivity contribution in [2.45, 2.75) is 24.9 Å². The van der Waals surface area contributed by atoms with Gasteiger partial charge in [-0.25, -0.2) is 22.9 Å². The van der Waals surface area contributed by atoms with Gasteiger partial charge in [-0.1, -0.05) is 0 Å². The van der Waals surface area contributed by atoms with Crippen LogP contribution in [0.25, 0.3) is 0 Å². The van der Waals surface area contributed by atoms with Crippen molar-refractivity contribution in [3.05, 3.63) is 32.9 Å². The SMILES string of the molecule is O=c1[nH]c(=O)n([C@H]2C[C@H](F)[C@@H](COP(=O)(O)OP(=O)(O)OP(=O)(O)O)O2)cc1F. The molecule has 1 aliphatic heterocycles. The molecule has 20 heteroatoms. The maximum Gasteiger partial charge on any atom is 0.490 e. The van der Waals surface area contributed by atoms with Crippen LogP contribution in [-0.4, -0.2) is 48.0 Å². The highest BCUT2D eigenvalue weighted by Crippen LogP contribution is 2.66. The highest BCUT2D eigenvalue weighted by atomic mass is 31.3. The number of phosphoric ester groups is 1. The third kappa shape index (κ3) is 6.98. The molecule has 5 N–H and O–H groups in total. The molecule has 0 spiro atoms. The molecule has 2 rings (SSSR count). The van der Waals surface area contributed by atoms with Crippen LogP contribution in [0.1, 0.15) is 12.6 Å². The Kier molecular flexibility index (Phi) is 7.15. The molecule has 1 fully saturated rings. The maximum atomic E-state index is 14.0. The Morgan fingerprint density at radius 2 is 1.79 bits per heavy atom. The first-order chi connectivity index (χ1) is 13.1. The van der Waals surface area contributed by atoms with Crippen molar-refractivity contribution < 1.29 is 59.9 Å². The minimum Gasteiger partial charge on any atom is -0.349 e. The fourth-order valence-corrected chi connectivity index (χ4v) is 5.19. The molecule has 1 saturated heterocycles. The molecular weight excluding hydrogens is 475 g/mol. The maximum absolute atomic E-state index is 14.0. The van der Waals surface area contributed by atoms with Crippen LogP contribution in [0.2, 0.25) is 0 Å². The van der Waals surface area contributed by atoms with Crippen LogP contribution in [0.15, 0.2) is 15.8 Å². The lowest BCUT2D eigenvalue weighted by Gasteiger charge is -2.19. The van der Waals surface area contributed by atoms with Crippen LogP contribution in [0.3, 0.4) is 0 Å². The zero-order valence-electron chi connectivity index (χ0n) is 13.7. The predicted molar refractivity (Wildman–Crippen MR) is 84.5 cm³/mol. The van der Waals surface area contributed by atoms with Crippen molar-refractivity contribution in [1.82, 2.24) is 9.55 Å². The molecule has 0 aromatic carbocycles. The molecule has 2 heterocycles. The van der Waals surface area contributed by atoms with Crippen molar-refractivity contribution in [3.8, 4) is 0 Å². The molecule has 0 bridgehead atoms. The van der Waals surface area contributed by atoms with Crippen molar-refractivity contribution in [2.24, 2.45) is 0 Å². The molecule has 29 heavy (non-hydrogen) atoms. The van der Waals surface area contributed by atoms with Gasteiger partial charge in [0, 0.05) is 6.42 Å². The largest absolute Gasteiger partial charge is 0.490 e. The second kappa shape index (κ2) is 8.57. The van der Waals surface area contributed by atoms with Crippen LogP contribution >= 0.6 is 23.5 Å². The summed E-state index contributed by atoms with van der Waals surface area (Å²) in [4.78, 5) is 59.4. The lowest BCUT2D eigenvalue weighted by Crippen LogP contribution is -2.34. The molecule has 166 valence electrons.